The zero-order chi connectivity index (χ0) is 12.3. The molecule has 17 heavy (non-hydrogen) atoms. The van der Waals surface area contributed by atoms with Gasteiger partial charge >= 0.3 is 0 Å². The molecule has 0 aromatic heterocycles. The number of hydrogen-bond acceptors (Lipinski definition) is 3. The summed E-state index contributed by atoms with van der Waals surface area (Å²) in [5.74, 6) is 0.173. The van der Waals surface area contributed by atoms with E-state index in [1.54, 1.807) is 6.92 Å². The topological polar surface area (TPSA) is 44.1 Å². The van der Waals surface area contributed by atoms with E-state index in [0.29, 0.717) is 18.7 Å². The minimum atomic E-state index is -0.00712. The van der Waals surface area contributed by atoms with Crippen LogP contribution in [0.15, 0.2) is 42.1 Å². The zero-order valence-electron chi connectivity index (χ0n) is 9.76. The van der Waals surface area contributed by atoms with Gasteiger partial charge in [0.05, 0.1) is 0 Å². The van der Waals surface area contributed by atoms with Crippen LogP contribution < -0.4 is 4.90 Å². The van der Waals surface area contributed by atoms with E-state index >= 15 is 0 Å². The van der Waals surface area contributed by atoms with Gasteiger partial charge in [-0.3, -0.25) is 4.79 Å². The summed E-state index contributed by atoms with van der Waals surface area (Å²) in [4.78, 5) is 13.3. The largest absolute Gasteiger partial charge is 0.332 e. The lowest BCUT2D eigenvalue weighted by molar-refractivity contribution is -0.120. The molecule has 2 rings (SSSR count). The first-order valence-corrected chi connectivity index (χ1v) is 5.65. The predicted octanol–water partition coefficient (Wildman–Crippen LogP) is 2.51. The zero-order valence-corrected chi connectivity index (χ0v) is 9.76. The molecule has 0 radical (unpaired) electrons. The van der Waals surface area contributed by atoms with Crippen molar-refractivity contribution in [1.82, 2.24) is 0 Å². The molecule has 1 aromatic rings. The van der Waals surface area contributed by atoms with Crippen LogP contribution in [0, 0.1) is 17.2 Å². The van der Waals surface area contributed by atoms with Gasteiger partial charge in [-0.05, 0) is 31.6 Å². The van der Waals surface area contributed by atoms with Crippen molar-refractivity contribution in [1.29, 1.82) is 5.26 Å². The maximum Gasteiger partial charge on any atom is 0.135 e. The summed E-state index contributed by atoms with van der Waals surface area (Å²) in [6.45, 7) is 2.21. The monoisotopic (exact) mass is 226 g/mol. The molecule has 0 N–H and O–H groups in total. The van der Waals surface area contributed by atoms with Gasteiger partial charge in [0.15, 0.2) is 0 Å². The molecule has 0 bridgehead atoms. The third-order valence-electron chi connectivity index (χ3n) is 3.05. The Bertz CT molecular complexity index is 485. The highest BCUT2D eigenvalue weighted by Crippen LogP contribution is 2.26. The normalized spacial score (nSPS) is 19.4. The molecular weight excluding hydrogens is 212 g/mol. The van der Waals surface area contributed by atoms with Gasteiger partial charge in [0.1, 0.15) is 17.5 Å². The van der Waals surface area contributed by atoms with Crippen LogP contribution in [0.25, 0.3) is 0 Å². The molecule has 1 heterocycles. The van der Waals surface area contributed by atoms with Crippen molar-refractivity contribution in [2.75, 3.05) is 11.4 Å². The Morgan fingerprint density at radius 1 is 1.41 bits per heavy atom. The first-order valence-electron chi connectivity index (χ1n) is 5.65. The molecule has 86 valence electrons. The van der Waals surface area contributed by atoms with Gasteiger partial charge in [-0.15, -0.1) is 0 Å². The molecule has 0 fully saturated rings. The number of nitriles is 1. The van der Waals surface area contributed by atoms with Crippen LogP contribution in [0.1, 0.15) is 13.3 Å². The quantitative estimate of drug-likeness (QED) is 0.778. The standard InChI is InChI=1S/C14H14N2O/c1-11(17)12-7-8-14(9-15)16(10-12)13-5-3-2-4-6-13/h2-6,8,12H,7,10H2,1H3. The maximum atomic E-state index is 11.4. The fourth-order valence-electron chi connectivity index (χ4n) is 2.01. The summed E-state index contributed by atoms with van der Waals surface area (Å²) in [5, 5.41) is 9.10. The molecule has 1 aromatic carbocycles. The van der Waals surface area contributed by atoms with Crippen molar-refractivity contribution < 1.29 is 4.79 Å². The van der Waals surface area contributed by atoms with Gasteiger partial charge in [0.2, 0.25) is 0 Å². The molecule has 1 aliphatic rings. The first-order chi connectivity index (χ1) is 8.22. The van der Waals surface area contributed by atoms with Crippen molar-refractivity contribution in [2.45, 2.75) is 13.3 Å². The summed E-state index contributed by atoms with van der Waals surface area (Å²) in [5.41, 5.74) is 1.60. The van der Waals surface area contributed by atoms with E-state index in [2.05, 4.69) is 6.07 Å². The third kappa shape index (κ3) is 2.36. The number of carbonyl (C=O) groups is 1. The third-order valence-corrected chi connectivity index (χ3v) is 3.05. The number of rotatable bonds is 2. The Hall–Kier alpha value is -2.08. The van der Waals surface area contributed by atoms with E-state index in [0.717, 1.165) is 5.69 Å². The number of allylic oxidation sites excluding steroid dienone is 2. The van der Waals surface area contributed by atoms with Crippen LogP contribution in [0.2, 0.25) is 0 Å². The lowest BCUT2D eigenvalue weighted by atomic mass is 9.95. The summed E-state index contributed by atoms with van der Waals surface area (Å²) in [6, 6.07) is 11.9. The van der Waals surface area contributed by atoms with E-state index in [9.17, 15) is 4.79 Å². The van der Waals surface area contributed by atoms with Crippen molar-refractivity contribution in [3.8, 4) is 6.07 Å². The molecular formula is C14H14N2O. The molecule has 0 amide bonds. The van der Waals surface area contributed by atoms with Crippen molar-refractivity contribution in [2.24, 2.45) is 5.92 Å². The smallest absolute Gasteiger partial charge is 0.135 e. The summed E-state index contributed by atoms with van der Waals surface area (Å²) >= 11 is 0. The van der Waals surface area contributed by atoms with Crippen LogP contribution in [0.5, 0.6) is 0 Å². The molecule has 0 aliphatic carbocycles. The van der Waals surface area contributed by atoms with Crippen molar-refractivity contribution in [3.63, 3.8) is 0 Å². The average molecular weight is 226 g/mol. The minimum absolute atomic E-state index is 0.00712. The Labute approximate surface area is 101 Å². The Morgan fingerprint density at radius 2 is 2.12 bits per heavy atom. The first kappa shape index (κ1) is 11.4. The van der Waals surface area contributed by atoms with Gasteiger partial charge in [0.25, 0.3) is 0 Å². The molecule has 1 unspecified atom stereocenters. The number of anilines is 1. The number of nitrogens with zero attached hydrogens (tertiary/aromatic N) is 2. The highest BCUT2D eigenvalue weighted by Gasteiger charge is 2.24. The fraction of sp³-hybridized carbons (Fsp3) is 0.286. The van der Waals surface area contributed by atoms with Crippen molar-refractivity contribution in [3.05, 3.63) is 42.1 Å². The molecule has 1 atom stereocenters. The predicted molar refractivity (Wildman–Crippen MR) is 66.3 cm³/mol. The van der Waals surface area contributed by atoms with Crippen LogP contribution in [0.4, 0.5) is 5.69 Å². The molecule has 3 heteroatoms. The second-order valence-electron chi connectivity index (χ2n) is 4.19. The van der Waals surface area contributed by atoms with Crippen molar-refractivity contribution >= 4 is 11.5 Å². The van der Waals surface area contributed by atoms with Crippen LogP contribution in [0.3, 0.4) is 0 Å². The maximum absolute atomic E-state index is 11.4. The van der Waals surface area contributed by atoms with E-state index in [1.165, 1.54) is 0 Å². The SMILES string of the molecule is CC(=O)C1CC=C(C#N)N(c2ccccc2)C1. The molecule has 0 spiro atoms. The van der Waals surface area contributed by atoms with E-state index < -0.39 is 0 Å². The Kier molecular flexibility index (Phi) is 3.24. The number of hydrogen-bond donors (Lipinski definition) is 0. The Morgan fingerprint density at radius 3 is 2.71 bits per heavy atom. The van der Waals surface area contributed by atoms with Crippen LogP contribution in [-0.2, 0) is 4.79 Å². The second-order valence-corrected chi connectivity index (χ2v) is 4.19. The highest BCUT2D eigenvalue weighted by atomic mass is 16.1. The van der Waals surface area contributed by atoms with Crippen LogP contribution in [-0.4, -0.2) is 12.3 Å². The minimum Gasteiger partial charge on any atom is -0.332 e. The van der Waals surface area contributed by atoms with E-state index in [-0.39, 0.29) is 11.7 Å². The number of Topliss-reactive ketones (excluding diaryl/α,β-unsaturated/α-hetero) is 1. The molecule has 0 saturated heterocycles. The summed E-state index contributed by atoms with van der Waals surface area (Å²) < 4.78 is 0. The van der Waals surface area contributed by atoms with Gasteiger partial charge in [0, 0.05) is 18.2 Å². The highest BCUT2D eigenvalue weighted by molar-refractivity contribution is 5.80. The van der Waals surface area contributed by atoms with Gasteiger partial charge in [-0.2, -0.15) is 5.26 Å². The fourth-order valence-corrected chi connectivity index (χ4v) is 2.01. The molecule has 0 saturated carbocycles. The van der Waals surface area contributed by atoms with Crippen LogP contribution >= 0.6 is 0 Å². The van der Waals surface area contributed by atoms with Gasteiger partial charge < -0.3 is 4.90 Å². The van der Waals surface area contributed by atoms with Gasteiger partial charge in [-0.1, -0.05) is 18.2 Å². The molecule has 3 nitrogen and oxygen atoms in total. The number of benzene rings is 1. The number of ketones is 1. The average Bonchev–Trinajstić information content (AvgIpc) is 2.39. The second kappa shape index (κ2) is 4.84. The number of para-hydroxylation sites is 1. The summed E-state index contributed by atoms with van der Waals surface area (Å²) in [7, 11) is 0. The lowest BCUT2D eigenvalue weighted by Crippen LogP contribution is -2.34. The Balaban J connectivity index is 2.31. The van der Waals surface area contributed by atoms with Gasteiger partial charge in [-0.25, -0.2) is 0 Å². The summed E-state index contributed by atoms with van der Waals surface area (Å²) in [6.07, 6.45) is 2.52. The van der Waals surface area contributed by atoms with E-state index in [1.807, 2.05) is 41.3 Å². The van der Waals surface area contributed by atoms with E-state index in [4.69, 9.17) is 5.26 Å². The number of carbonyl (C=O) groups excluding carboxylic acids is 1. The lowest BCUT2D eigenvalue weighted by Gasteiger charge is -2.31. The molecule has 1 aliphatic heterocycles.